The second-order valence-electron chi connectivity index (χ2n) is 9.04. The largest absolute Gasteiger partial charge is 0.369 e. The monoisotopic (exact) mass is 445 g/mol. The Kier molecular flexibility index (Phi) is 6.55. The third kappa shape index (κ3) is 4.80. The fourth-order valence-corrected chi connectivity index (χ4v) is 4.82. The lowest BCUT2D eigenvalue weighted by atomic mass is 9.74. The summed E-state index contributed by atoms with van der Waals surface area (Å²) in [4.78, 5) is 30.3. The molecule has 4 rings (SSSR count). The summed E-state index contributed by atoms with van der Waals surface area (Å²) in [6.45, 7) is 4.42. The zero-order valence-electron chi connectivity index (χ0n) is 19.3. The number of hydrogen-bond acceptors (Lipinski definition) is 4. The highest BCUT2D eigenvalue weighted by Gasteiger charge is 2.37. The van der Waals surface area contributed by atoms with Crippen LogP contribution >= 0.6 is 0 Å². The predicted octanol–water partition coefficient (Wildman–Crippen LogP) is 3.83. The first-order valence-corrected chi connectivity index (χ1v) is 11.5. The first kappa shape index (κ1) is 22.7. The molecule has 3 amide bonds. The highest BCUT2D eigenvalue weighted by molar-refractivity contribution is 5.89. The quantitative estimate of drug-likeness (QED) is 0.776. The Hall–Kier alpha value is -3.53. The lowest BCUT2D eigenvalue weighted by molar-refractivity contribution is -0.129. The molecule has 33 heavy (non-hydrogen) atoms. The number of amides is 3. The molecule has 2 fully saturated rings. The maximum Gasteiger partial charge on any atom is 0.321 e. The third-order valence-corrected chi connectivity index (χ3v) is 7.14. The zero-order chi connectivity index (χ0) is 23.4. The number of benzene rings is 2. The Morgan fingerprint density at radius 1 is 1.06 bits per heavy atom. The summed E-state index contributed by atoms with van der Waals surface area (Å²) in [6.07, 6.45) is 2.21. The lowest BCUT2D eigenvalue weighted by Gasteiger charge is -2.37. The van der Waals surface area contributed by atoms with Gasteiger partial charge in [-0.15, -0.1) is 0 Å². The van der Waals surface area contributed by atoms with Crippen LogP contribution in [0.3, 0.4) is 0 Å². The number of hydrogen-bond donors (Lipinski definition) is 1. The minimum atomic E-state index is -0.524. The van der Waals surface area contributed by atoms with Crippen LogP contribution in [-0.2, 0) is 10.2 Å². The van der Waals surface area contributed by atoms with E-state index in [1.165, 1.54) is 0 Å². The van der Waals surface area contributed by atoms with Gasteiger partial charge in [-0.3, -0.25) is 4.79 Å². The molecule has 1 unspecified atom stereocenters. The fraction of sp³-hybridized carbons (Fsp3) is 0.423. The lowest BCUT2D eigenvalue weighted by Crippen LogP contribution is -2.46. The topological polar surface area (TPSA) is 79.7 Å². The molecule has 2 heterocycles. The SMILES string of the molecule is CC(=O)N(C)C1CCN(c2ccc(NC(=O)N3CCC(C#N)(c4ccccc4)CC3)cc2)C1. The first-order chi connectivity index (χ1) is 15.9. The molecule has 0 aromatic heterocycles. The molecule has 1 N–H and O–H groups in total. The Labute approximate surface area is 195 Å². The van der Waals surface area contributed by atoms with Crippen molar-refractivity contribution in [1.82, 2.24) is 9.80 Å². The number of rotatable bonds is 4. The molecule has 0 bridgehead atoms. The van der Waals surface area contributed by atoms with Crippen molar-refractivity contribution in [2.45, 2.75) is 37.6 Å². The van der Waals surface area contributed by atoms with E-state index in [0.717, 1.165) is 36.4 Å². The number of likely N-dealkylation sites (tertiary alicyclic amines) is 1. The van der Waals surface area contributed by atoms with Crippen LogP contribution < -0.4 is 10.2 Å². The molecular weight excluding hydrogens is 414 g/mol. The zero-order valence-corrected chi connectivity index (χ0v) is 19.3. The van der Waals surface area contributed by atoms with Crippen LogP contribution in [0.15, 0.2) is 54.6 Å². The number of carbonyl (C=O) groups excluding carboxylic acids is 2. The van der Waals surface area contributed by atoms with Gasteiger partial charge < -0.3 is 20.0 Å². The number of nitrogens with one attached hydrogen (secondary N) is 1. The molecule has 7 nitrogen and oxygen atoms in total. The number of urea groups is 1. The molecule has 2 saturated heterocycles. The van der Waals surface area contributed by atoms with E-state index in [-0.39, 0.29) is 18.0 Å². The van der Waals surface area contributed by atoms with E-state index in [0.29, 0.717) is 25.9 Å². The van der Waals surface area contributed by atoms with E-state index in [9.17, 15) is 14.9 Å². The molecule has 2 aromatic rings. The highest BCUT2D eigenvalue weighted by atomic mass is 16.2. The summed E-state index contributed by atoms with van der Waals surface area (Å²) in [7, 11) is 1.86. The summed E-state index contributed by atoms with van der Waals surface area (Å²) in [6, 6.07) is 20.3. The van der Waals surface area contributed by atoms with Crippen LogP contribution in [0.5, 0.6) is 0 Å². The number of nitrogens with zero attached hydrogens (tertiary/aromatic N) is 4. The summed E-state index contributed by atoms with van der Waals surface area (Å²) < 4.78 is 0. The summed E-state index contributed by atoms with van der Waals surface area (Å²) in [5, 5.41) is 12.8. The van der Waals surface area contributed by atoms with Gasteiger partial charge in [-0.2, -0.15) is 5.26 Å². The molecule has 2 aliphatic rings. The van der Waals surface area contributed by atoms with Gasteiger partial charge in [0.2, 0.25) is 5.91 Å². The number of likely N-dealkylation sites (N-methyl/N-ethyl adjacent to an activating group) is 1. The molecule has 0 aliphatic carbocycles. The van der Waals surface area contributed by atoms with Crippen LogP contribution in [-0.4, -0.2) is 61.0 Å². The average molecular weight is 446 g/mol. The Bertz CT molecular complexity index is 1020. The summed E-state index contributed by atoms with van der Waals surface area (Å²) in [5.74, 6) is 0.0911. The Morgan fingerprint density at radius 3 is 2.33 bits per heavy atom. The molecule has 2 aromatic carbocycles. The molecule has 0 spiro atoms. The van der Waals surface area contributed by atoms with E-state index in [1.807, 2.05) is 66.5 Å². The van der Waals surface area contributed by atoms with Crippen LogP contribution in [0.2, 0.25) is 0 Å². The maximum absolute atomic E-state index is 12.8. The highest BCUT2D eigenvalue weighted by Crippen LogP contribution is 2.35. The van der Waals surface area contributed by atoms with Gasteiger partial charge in [0.25, 0.3) is 0 Å². The van der Waals surface area contributed by atoms with Gasteiger partial charge in [0.05, 0.1) is 17.5 Å². The minimum Gasteiger partial charge on any atom is -0.369 e. The van der Waals surface area contributed by atoms with Crippen molar-refractivity contribution in [3.05, 3.63) is 60.2 Å². The molecule has 7 heteroatoms. The summed E-state index contributed by atoms with van der Waals surface area (Å²) in [5.41, 5.74) is 2.35. The molecular formula is C26H31N5O2. The van der Waals surface area contributed by atoms with E-state index in [2.05, 4.69) is 16.3 Å². The van der Waals surface area contributed by atoms with Crippen molar-refractivity contribution < 1.29 is 9.59 Å². The number of nitriles is 1. The normalized spacial score (nSPS) is 19.6. The van der Waals surface area contributed by atoms with Crippen LogP contribution in [0, 0.1) is 11.3 Å². The van der Waals surface area contributed by atoms with Crippen molar-refractivity contribution in [3.63, 3.8) is 0 Å². The van der Waals surface area contributed by atoms with Crippen LogP contribution in [0.1, 0.15) is 31.7 Å². The number of piperidine rings is 1. The van der Waals surface area contributed by atoms with Gasteiger partial charge in [-0.05, 0) is 49.1 Å². The number of anilines is 2. The fourth-order valence-electron chi connectivity index (χ4n) is 4.82. The molecule has 172 valence electrons. The van der Waals surface area contributed by atoms with Crippen molar-refractivity contribution in [1.29, 1.82) is 5.26 Å². The standard InChI is InChI=1S/C26H31N5O2/c1-20(32)29(2)24-12-15-31(18-24)23-10-8-22(9-11-23)28-25(33)30-16-13-26(19-27,14-17-30)21-6-4-3-5-7-21/h3-11,24H,12-18H2,1-2H3,(H,28,33). The molecule has 0 radical (unpaired) electrons. The molecule has 2 aliphatic heterocycles. The van der Waals surface area contributed by atoms with Gasteiger partial charge in [-0.1, -0.05) is 30.3 Å². The Morgan fingerprint density at radius 2 is 1.73 bits per heavy atom. The Balaban J connectivity index is 1.32. The predicted molar refractivity (Wildman–Crippen MR) is 129 cm³/mol. The second-order valence-corrected chi connectivity index (χ2v) is 9.04. The van der Waals surface area contributed by atoms with E-state index in [1.54, 1.807) is 11.8 Å². The van der Waals surface area contributed by atoms with E-state index >= 15 is 0 Å². The van der Waals surface area contributed by atoms with Crippen LogP contribution in [0.25, 0.3) is 0 Å². The van der Waals surface area contributed by atoms with Crippen LogP contribution in [0.4, 0.5) is 16.2 Å². The van der Waals surface area contributed by atoms with Gasteiger partial charge in [-0.25, -0.2) is 4.79 Å². The first-order valence-electron chi connectivity index (χ1n) is 11.5. The summed E-state index contributed by atoms with van der Waals surface area (Å²) >= 11 is 0. The van der Waals surface area contributed by atoms with Crippen molar-refractivity contribution in [2.24, 2.45) is 0 Å². The van der Waals surface area contributed by atoms with Gasteiger partial charge in [0, 0.05) is 51.5 Å². The van der Waals surface area contributed by atoms with Crippen molar-refractivity contribution >= 4 is 23.3 Å². The second kappa shape index (κ2) is 9.53. The molecule has 1 atom stereocenters. The maximum atomic E-state index is 12.8. The van der Waals surface area contributed by atoms with Gasteiger partial charge in [0.1, 0.15) is 0 Å². The molecule has 0 saturated carbocycles. The van der Waals surface area contributed by atoms with Gasteiger partial charge >= 0.3 is 6.03 Å². The third-order valence-electron chi connectivity index (χ3n) is 7.14. The van der Waals surface area contributed by atoms with E-state index < -0.39 is 5.41 Å². The average Bonchev–Trinajstić information content (AvgIpc) is 3.35. The minimum absolute atomic E-state index is 0.0911. The number of carbonyl (C=O) groups is 2. The van der Waals surface area contributed by atoms with Gasteiger partial charge in [0.15, 0.2) is 0 Å². The van der Waals surface area contributed by atoms with Crippen molar-refractivity contribution in [2.75, 3.05) is 43.4 Å². The van der Waals surface area contributed by atoms with E-state index in [4.69, 9.17) is 0 Å². The smallest absolute Gasteiger partial charge is 0.321 e. The van der Waals surface area contributed by atoms with Crippen molar-refractivity contribution in [3.8, 4) is 6.07 Å².